The molecule has 4 rings (SSSR count). The number of likely N-dealkylation sites (N-methyl/N-ethyl adjacent to an activating group) is 1. The molecule has 34 heavy (non-hydrogen) atoms. The van der Waals surface area contributed by atoms with Crippen LogP contribution < -0.4 is 14.4 Å². The molecule has 1 N–H and O–H groups in total. The quantitative estimate of drug-likeness (QED) is 0.593. The van der Waals surface area contributed by atoms with E-state index in [1.165, 1.54) is 7.11 Å². The average molecular weight is 481 g/mol. The molecule has 2 aromatic heterocycles. The zero-order chi connectivity index (χ0) is 24.6. The van der Waals surface area contributed by atoms with Crippen molar-refractivity contribution in [2.45, 2.75) is 25.9 Å². The number of hydrogen-bond acceptors (Lipinski definition) is 8. The van der Waals surface area contributed by atoms with E-state index in [0.29, 0.717) is 23.2 Å². The number of rotatable bonds is 5. The van der Waals surface area contributed by atoms with Crippen LogP contribution in [0, 0.1) is 11.3 Å². The maximum atomic E-state index is 11.8. The molecule has 9 nitrogen and oxygen atoms in total. The highest BCUT2D eigenvalue weighted by Gasteiger charge is 2.29. The largest absolute Gasteiger partial charge is 0.480 e. The Kier molecular flexibility index (Phi) is 6.34. The lowest BCUT2D eigenvalue weighted by Gasteiger charge is -2.44. The molecule has 0 aliphatic carbocycles. The third kappa shape index (κ3) is 4.62. The summed E-state index contributed by atoms with van der Waals surface area (Å²) in [5.41, 5.74) is 3.98. The molecule has 0 unspecified atom stereocenters. The van der Waals surface area contributed by atoms with Gasteiger partial charge in [-0.25, -0.2) is 13.4 Å². The minimum Gasteiger partial charge on any atom is -0.480 e. The molecule has 0 spiro atoms. The number of benzene rings is 1. The molecule has 3 aromatic rings. The molecule has 10 heteroatoms. The third-order valence-electron chi connectivity index (χ3n) is 6.31. The van der Waals surface area contributed by atoms with Crippen molar-refractivity contribution >= 4 is 32.3 Å². The van der Waals surface area contributed by atoms with E-state index in [4.69, 9.17) is 4.74 Å². The second kappa shape index (κ2) is 9.08. The summed E-state index contributed by atoms with van der Waals surface area (Å²) in [6, 6.07) is 10.5. The number of nitrogens with zero attached hydrogens (tertiary/aromatic N) is 5. The van der Waals surface area contributed by atoms with Gasteiger partial charge in [0.05, 0.1) is 30.1 Å². The van der Waals surface area contributed by atoms with Crippen molar-refractivity contribution in [3.05, 3.63) is 42.2 Å². The minimum atomic E-state index is -3.52. The molecule has 1 aliphatic rings. The topological polar surface area (TPSA) is 111 Å². The lowest BCUT2D eigenvalue weighted by molar-refractivity contribution is 0.170. The van der Waals surface area contributed by atoms with Gasteiger partial charge in [-0.2, -0.15) is 5.26 Å². The van der Waals surface area contributed by atoms with Crippen LogP contribution >= 0.6 is 0 Å². The zero-order valence-electron chi connectivity index (χ0n) is 19.9. The average Bonchev–Trinajstić information content (AvgIpc) is 2.80. The number of nitrogens with one attached hydrogen (secondary N) is 1. The predicted octanol–water partition coefficient (Wildman–Crippen LogP) is 3.08. The van der Waals surface area contributed by atoms with Crippen molar-refractivity contribution in [3.63, 3.8) is 0 Å². The van der Waals surface area contributed by atoms with Crippen LogP contribution in [0.4, 0.5) is 11.4 Å². The lowest BCUT2D eigenvalue weighted by Crippen LogP contribution is -2.55. The Bertz CT molecular complexity index is 1370. The highest BCUT2D eigenvalue weighted by atomic mass is 32.2. The maximum absolute atomic E-state index is 11.8. The second-order valence-corrected chi connectivity index (χ2v) is 10.5. The molecule has 1 aliphatic heterocycles. The van der Waals surface area contributed by atoms with Gasteiger partial charge in [-0.3, -0.25) is 14.6 Å². The SMILES string of the molecule is COc1ncc(-c2ccc3ncc(C#N)c(N4C[C@@H](C)N(C)[C@H](C)C4)c3c2)cc1NS(C)(=O)=O. The normalized spacial score (nSPS) is 19.1. The van der Waals surface area contributed by atoms with Crippen LogP contribution in [0.3, 0.4) is 0 Å². The first-order chi connectivity index (χ1) is 16.1. The number of fused-ring (bicyclic) bond motifs is 1. The number of ether oxygens (including phenoxy) is 1. The van der Waals surface area contributed by atoms with Crippen molar-refractivity contribution < 1.29 is 13.2 Å². The van der Waals surface area contributed by atoms with E-state index < -0.39 is 10.0 Å². The number of pyridine rings is 2. The van der Waals surface area contributed by atoms with E-state index >= 15 is 0 Å². The number of aromatic nitrogens is 2. The summed E-state index contributed by atoms with van der Waals surface area (Å²) >= 11 is 0. The van der Waals surface area contributed by atoms with E-state index in [1.54, 1.807) is 18.5 Å². The third-order valence-corrected chi connectivity index (χ3v) is 6.90. The fourth-order valence-electron chi connectivity index (χ4n) is 4.41. The Hall–Kier alpha value is -3.42. The Morgan fingerprint density at radius 2 is 1.82 bits per heavy atom. The molecular weight excluding hydrogens is 452 g/mol. The van der Waals surface area contributed by atoms with Crippen LogP contribution in [-0.4, -0.2) is 68.9 Å². The van der Waals surface area contributed by atoms with Gasteiger partial charge in [-0.05, 0) is 44.7 Å². The van der Waals surface area contributed by atoms with Crippen LogP contribution in [0.15, 0.2) is 36.7 Å². The van der Waals surface area contributed by atoms with Gasteiger partial charge in [-0.15, -0.1) is 0 Å². The first-order valence-corrected chi connectivity index (χ1v) is 12.8. The van der Waals surface area contributed by atoms with E-state index in [9.17, 15) is 13.7 Å². The van der Waals surface area contributed by atoms with Gasteiger partial charge in [0.15, 0.2) is 0 Å². The number of sulfonamides is 1. The van der Waals surface area contributed by atoms with Gasteiger partial charge in [0, 0.05) is 48.5 Å². The lowest BCUT2D eigenvalue weighted by atomic mass is 10.00. The Morgan fingerprint density at radius 1 is 1.12 bits per heavy atom. The van der Waals surface area contributed by atoms with Crippen LogP contribution in [-0.2, 0) is 10.0 Å². The fraction of sp³-hybridized carbons (Fsp3) is 0.375. The van der Waals surface area contributed by atoms with E-state index in [-0.39, 0.29) is 11.6 Å². The Balaban J connectivity index is 1.86. The highest BCUT2D eigenvalue weighted by Crippen LogP contribution is 2.36. The molecule has 1 aromatic carbocycles. The molecule has 178 valence electrons. The van der Waals surface area contributed by atoms with Crippen LogP contribution in [0.2, 0.25) is 0 Å². The molecular formula is C24H28N6O3S. The predicted molar refractivity (Wildman–Crippen MR) is 134 cm³/mol. The van der Waals surface area contributed by atoms with Gasteiger partial charge in [0.25, 0.3) is 0 Å². The highest BCUT2D eigenvalue weighted by molar-refractivity contribution is 7.92. The minimum absolute atomic E-state index is 0.185. The molecule has 1 saturated heterocycles. The summed E-state index contributed by atoms with van der Waals surface area (Å²) in [6.07, 6.45) is 4.34. The molecule has 0 radical (unpaired) electrons. The Labute approximate surface area is 200 Å². The van der Waals surface area contributed by atoms with E-state index in [0.717, 1.165) is 41.5 Å². The Morgan fingerprint density at radius 3 is 2.44 bits per heavy atom. The molecule has 0 amide bonds. The molecule has 0 saturated carbocycles. The van der Waals surface area contributed by atoms with Gasteiger partial charge >= 0.3 is 0 Å². The van der Waals surface area contributed by atoms with Crippen molar-refractivity contribution in [1.82, 2.24) is 14.9 Å². The fourth-order valence-corrected chi connectivity index (χ4v) is 4.96. The van der Waals surface area contributed by atoms with Crippen molar-refractivity contribution in [2.75, 3.05) is 43.1 Å². The number of anilines is 2. The number of nitriles is 1. The summed E-state index contributed by atoms with van der Waals surface area (Å²) in [7, 11) is 0.0445. The first kappa shape index (κ1) is 23.7. The monoisotopic (exact) mass is 480 g/mol. The summed E-state index contributed by atoms with van der Waals surface area (Å²) in [4.78, 5) is 13.4. The molecule has 3 heterocycles. The van der Waals surface area contributed by atoms with Gasteiger partial charge in [-0.1, -0.05) is 6.07 Å². The van der Waals surface area contributed by atoms with Gasteiger partial charge in [0.2, 0.25) is 15.9 Å². The van der Waals surface area contributed by atoms with Crippen molar-refractivity contribution in [3.8, 4) is 23.1 Å². The van der Waals surface area contributed by atoms with Crippen LogP contribution in [0.1, 0.15) is 19.4 Å². The van der Waals surface area contributed by atoms with E-state index in [2.05, 4.69) is 51.5 Å². The zero-order valence-corrected chi connectivity index (χ0v) is 20.7. The number of hydrogen-bond donors (Lipinski definition) is 1. The standard InChI is InChI=1S/C24H28N6O3S/c1-15-13-30(14-16(2)29(15)3)23-19(10-25)12-26-21-7-6-17(8-20(21)23)18-9-22(28-34(5,31)32)24(33-4)27-11-18/h6-9,11-12,15-16,28H,13-14H2,1-5H3/t15-,16-/m1/s1. The summed E-state index contributed by atoms with van der Waals surface area (Å²) in [5.74, 6) is 0.185. The van der Waals surface area contributed by atoms with Crippen molar-refractivity contribution in [2.24, 2.45) is 0 Å². The van der Waals surface area contributed by atoms with Crippen molar-refractivity contribution in [1.29, 1.82) is 5.26 Å². The molecule has 1 fully saturated rings. The molecule has 2 atom stereocenters. The van der Waals surface area contributed by atoms with Gasteiger partial charge < -0.3 is 9.64 Å². The maximum Gasteiger partial charge on any atom is 0.238 e. The van der Waals surface area contributed by atoms with Crippen LogP contribution in [0.5, 0.6) is 5.88 Å². The summed E-state index contributed by atoms with van der Waals surface area (Å²) in [5, 5.41) is 10.7. The number of methoxy groups -OCH3 is 1. The smallest absolute Gasteiger partial charge is 0.238 e. The summed E-state index contributed by atoms with van der Waals surface area (Å²) < 4.78 is 31.3. The second-order valence-electron chi connectivity index (χ2n) is 8.79. The number of piperazine rings is 1. The van der Waals surface area contributed by atoms with Gasteiger partial charge in [0.1, 0.15) is 11.8 Å². The summed E-state index contributed by atoms with van der Waals surface area (Å²) in [6.45, 7) is 5.96. The molecule has 0 bridgehead atoms. The van der Waals surface area contributed by atoms with E-state index in [1.807, 2.05) is 18.2 Å². The first-order valence-electron chi connectivity index (χ1n) is 10.9. The van der Waals surface area contributed by atoms with Crippen LogP contribution in [0.25, 0.3) is 22.0 Å².